The minimum absolute atomic E-state index is 0.0235. The maximum atomic E-state index is 13.6. The number of pyridine rings is 1. The van der Waals surface area contributed by atoms with Crippen molar-refractivity contribution < 1.29 is 9.53 Å². The Morgan fingerprint density at radius 3 is 2.81 bits per heavy atom. The van der Waals surface area contributed by atoms with Crippen molar-refractivity contribution in [1.29, 1.82) is 0 Å². The minimum Gasteiger partial charge on any atom is -0.496 e. The summed E-state index contributed by atoms with van der Waals surface area (Å²) >= 11 is 0. The van der Waals surface area contributed by atoms with Gasteiger partial charge in [0.25, 0.3) is 5.91 Å². The molecule has 2 N–H and O–H groups in total. The van der Waals surface area contributed by atoms with Crippen molar-refractivity contribution >= 4 is 33.5 Å². The number of ether oxygens (including phenoxy) is 1. The highest BCUT2D eigenvalue weighted by molar-refractivity contribution is 6.10. The topological polar surface area (TPSA) is 86.3 Å². The van der Waals surface area contributed by atoms with Gasteiger partial charge >= 0.3 is 0 Å². The summed E-state index contributed by atoms with van der Waals surface area (Å²) in [5.41, 5.74) is 9.99. The standard InChI is InChI=1S/C25H23N5O2/c1-4-15-5-6-17(22(11-15)32-3)14-30(18-8-9-18)25(31)16-7-10-21-19(12-16)23-20(24(26)28-21)13-27-29(23)2/h1,5-7,10-13,18H,8-9,14H2,2-3H3,(H2,26,28). The monoisotopic (exact) mass is 425 g/mol. The van der Waals surface area contributed by atoms with Crippen molar-refractivity contribution in [2.24, 2.45) is 7.05 Å². The lowest BCUT2D eigenvalue weighted by atomic mass is 10.1. The predicted molar refractivity (Wildman–Crippen MR) is 124 cm³/mol. The molecular weight excluding hydrogens is 402 g/mol. The van der Waals surface area contributed by atoms with E-state index in [9.17, 15) is 4.79 Å². The number of terminal acetylenes is 1. The summed E-state index contributed by atoms with van der Waals surface area (Å²) in [5.74, 6) is 3.72. The zero-order valence-corrected chi connectivity index (χ0v) is 18.0. The number of amides is 1. The second-order valence-electron chi connectivity index (χ2n) is 8.09. The van der Waals surface area contributed by atoms with Gasteiger partial charge in [0, 0.05) is 41.7 Å². The molecular formula is C25H23N5O2. The van der Waals surface area contributed by atoms with Gasteiger partial charge in [0.05, 0.1) is 29.7 Å². The first-order valence-corrected chi connectivity index (χ1v) is 10.5. The number of nitrogens with two attached hydrogens (primary N) is 1. The van der Waals surface area contributed by atoms with E-state index in [1.165, 1.54) is 0 Å². The number of hydrogen-bond acceptors (Lipinski definition) is 5. The molecule has 7 heteroatoms. The fraction of sp³-hybridized carbons (Fsp3) is 0.240. The molecule has 1 fully saturated rings. The van der Waals surface area contributed by atoms with Crippen molar-refractivity contribution in [1.82, 2.24) is 19.7 Å². The number of hydrogen-bond donors (Lipinski definition) is 1. The van der Waals surface area contributed by atoms with Gasteiger partial charge in [-0.2, -0.15) is 5.10 Å². The van der Waals surface area contributed by atoms with E-state index in [0.717, 1.165) is 45.8 Å². The molecule has 1 aliphatic carbocycles. The lowest BCUT2D eigenvalue weighted by molar-refractivity contribution is 0.0729. The molecule has 2 aromatic heterocycles. The first-order chi connectivity index (χ1) is 15.5. The van der Waals surface area contributed by atoms with Crippen LogP contribution in [0.4, 0.5) is 5.82 Å². The van der Waals surface area contributed by atoms with E-state index in [4.69, 9.17) is 16.9 Å². The van der Waals surface area contributed by atoms with Gasteiger partial charge in [0.2, 0.25) is 0 Å². The molecule has 2 heterocycles. The van der Waals surface area contributed by atoms with Crippen LogP contribution >= 0.6 is 0 Å². The third kappa shape index (κ3) is 3.30. The first kappa shape index (κ1) is 19.9. The van der Waals surface area contributed by atoms with E-state index in [1.54, 1.807) is 18.0 Å². The van der Waals surface area contributed by atoms with E-state index < -0.39 is 0 Å². The van der Waals surface area contributed by atoms with Crippen LogP contribution in [0.25, 0.3) is 21.8 Å². The highest BCUT2D eigenvalue weighted by Crippen LogP contribution is 2.33. The molecule has 1 saturated carbocycles. The Bertz CT molecular complexity index is 1410. The molecule has 0 saturated heterocycles. The summed E-state index contributed by atoms with van der Waals surface area (Å²) in [6.07, 6.45) is 9.21. The average molecular weight is 425 g/mol. The molecule has 0 aliphatic heterocycles. The number of nitrogens with zero attached hydrogens (tertiary/aromatic N) is 4. The van der Waals surface area contributed by atoms with E-state index in [0.29, 0.717) is 23.7 Å². The lowest BCUT2D eigenvalue weighted by Gasteiger charge is -2.24. The van der Waals surface area contributed by atoms with Gasteiger partial charge in [0.1, 0.15) is 11.6 Å². The van der Waals surface area contributed by atoms with Crippen LogP contribution in [0.15, 0.2) is 42.6 Å². The van der Waals surface area contributed by atoms with Crippen molar-refractivity contribution in [3.8, 4) is 18.1 Å². The van der Waals surface area contributed by atoms with Gasteiger partial charge in [-0.3, -0.25) is 9.48 Å². The molecule has 0 bridgehead atoms. The molecule has 0 spiro atoms. The molecule has 7 nitrogen and oxygen atoms in total. The largest absolute Gasteiger partial charge is 0.496 e. The minimum atomic E-state index is -0.0235. The Kier molecular flexibility index (Phi) is 4.71. The summed E-state index contributed by atoms with van der Waals surface area (Å²) < 4.78 is 7.30. The van der Waals surface area contributed by atoms with Crippen LogP contribution in [0.5, 0.6) is 5.75 Å². The van der Waals surface area contributed by atoms with E-state index in [2.05, 4.69) is 16.0 Å². The Morgan fingerprint density at radius 2 is 2.09 bits per heavy atom. The van der Waals surface area contributed by atoms with E-state index in [1.807, 2.05) is 48.3 Å². The van der Waals surface area contributed by atoms with Crippen LogP contribution in [0.1, 0.15) is 34.3 Å². The van der Waals surface area contributed by atoms with Crippen LogP contribution < -0.4 is 10.5 Å². The third-order valence-electron chi connectivity index (χ3n) is 6.00. The highest BCUT2D eigenvalue weighted by atomic mass is 16.5. The second-order valence-corrected chi connectivity index (χ2v) is 8.09. The Hall–Kier alpha value is -4.05. The number of anilines is 1. The highest BCUT2D eigenvalue weighted by Gasteiger charge is 2.34. The van der Waals surface area contributed by atoms with E-state index >= 15 is 0 Å². The van der Waals surface area contributed by atoms with Gasteiger partial charge in [-0.15, -0.1) is 6.42 Å². The summed E-state index contributed by atoms with van der Waals surface area (Å²) in [6.45, 7) is 0.455. The van der Waals surface area contributed by atoms with Crippen LogP contribution in [0.3, 0.4) is 0 Å². The molecule has 1 amide bonds. The number of carbonyl (C=O) groups is 1. The molecule has 2 aromatic carbocycles. The summed E-state index contributed by atoms with van der Waals surface area (Å²) in [6, 6.07) is 11.4. The van der Waals surface area contributed by atoms with Crippen LogP contribution in [-0.2, 0) is 13.6 Å². The van der Waals surface area contributed by atoms with Gasteiger partial charge in [-0.25, -0.2) is 4.98 Å². The molecule has 0 atom stereocenters. The molecule has 4 aromatic rings. The number of methoxy groups -OCH3 is 1. The Morgan fingerprint density at radius 1 is 1.28 bits per heavy atom. The predicted octanol–water partition coefficient (Wildman–Crippen LogP) is 3.50. The van der Waals surface area contributed by atoms with Gasteiger partial charge in [0.15, 0.2) is 0 Å². The number of rotatable bonds is 5. The summed E-state index contributed by atoms with van der Waals surface area (Å²) in [5, 5.41) is 5.95. The number of fused-ring (bicyclic) bond motifs is 3. The van der Waals surface area contributed by atoms with Gasteiger partial charge in [-0.1, -0.05) is 12.0 Å². The second kappa shape index (κ2) is 7.57. The fourth-order valence-electron chi connectivity index (χ4n) is 4.16. The SMILES string of the molecule is C#Cc1ccc(CN(C(=O)c2ccc3nc(N)c4cnn(C)c4c3c2)C2CC2)c(OC)c1. The Balaban J connectivity index is 1.54. The molecule has 1 aliphatic rings. The lowest BCUT2D eigenvalue weighted by Crippen LogP contribution is -2.32. The molecule has 0 unspecified atom stereocenters. The van der Waals surface area contributed by atoms with Crippen molar-refractivity contribution in [3.05, 3.63) is 59.3 Å². The van der Waals surface area contributed by atoms with Gasteiger partial charge < -0.3 is 15.4 Å². The number of aromatic nitrogens is 3. The van der Waals surface area contributed by atoms with E-state index in [-0.39, 0.29) is 11.9 Å². The molecule has 32 heavy (non-hydrogen) atoms. The van der Waals surface area contributed by atoms with Crippen molar-refractivity contribution in [2.45, 2.75) is 25.4 Å². The molecule has 5 rings (SSSR count). The zero-order chi connectivity index (χ0) is 22.4. The fourth-order valence-corrected chi connectivity index (χ4v) is 4.16. The third-order valence-corrected chi connectivity index (χ3v) is 6.00. The quantitative estimate of drug-likeness (QED) is 0.495. The number of nitrogen functional groups attached to an aromatic ring is 1. The molecule has 0 radical (unpaired) electrons. The van der Waals surface area contributed by atoms with Gasteiger partial charge in [-0.05, 0) is 43.2 Å². The zero-order valence-electron chi connectivity index (χ0n) is 18.0. The molecule has 160 valence electrons. The van der Waals surface area contributed by atoms with Crippen LogP contribution in [-0.4, -0.2) is 38.7 Å². The van der Waals surface area contributed by atoms with Crippen molar-refractivity contribution in [3.63, 3.8) is 0 Å². The number of benzene rings is 2. The number of aryl methyl sites for hydroxylation is 1. The summed E-state index contributed by atoms with van der Waals surface area (Å²) in [4.78, 5) is 20.0. The maximum Gasteiger partial charge on any atom is 0.254 e. The average Bonchev–Trinajstić information content (AvgIpc) is 3.58. The Labute approximate surface area is 185 Å². The van der Waals surface area contributed by atoms with Crippen molar-refractivity contribution in [2.75, 3.05) is 12.8 Å². The smallest absolute Gasteiger partial charge is 0.254 e. The number of carbonyl (C=O) groups excluding carboxylic acids is 1. The van der Waals surface area contributed by atoms with Crippen LogP contribution in [0, 0.1) is 12.3 Å². The normalized spacial score (nSPS) is 13.3. The first-order valence-electron chi connectivity index (χ1n) is 10.5. The maximum absolute atomic E-state index is 13.6. The van der Waals surface area contributed by atoms with Crippen LogP contribution in [0.2, 0.25) is 0 Å². The summed E-state index contributed by atoms with van der Waals surface area (Å²) in [7, 11) is 3.47.